The van der Waals surface area contributed by atoms with Gasteiger partial charge in [0, 0.05) is 28.4 Å². The van der Waals surface area contributed by atoms with Crippen molar-refractivity contribution in [3.63, 3.8) is 0 Å². The highest BCUT2D eigenvalue weighted by Crippen LogP contribution is 2.25. The summed E-state index contributed by atoms with van der Waals surface area (Å²) in [5.41, 5.74) is 3.09. The summed E-state index contributed by atoms with van der Waals surface area (Å²) < 4.78 is 0. The maximum absolute atomic E-state index is 13.3. The van der Waals surface area contributed by atoms with Crippen LogP contribution in [0.15, 0.2) is 42.5 Å². The summed E-state index contributed by atoms with van der Waals surface area (Å²) >= 11 is 13.7. The molecule has 0 radical (unpaired) electrons. The third-order valence-corrected chi connectivity index (χ3v) is 7.61. The molecule has 0 heterocycles. The molecule has 1 aliphatic carbocycles. The molecule has 1 saturated carbocycles. The van der Waals surface area contributed by atoms with Gasteiger partial charge >= 0.3 is 0 Å². The Labute approximate surface area is 211 Å². The molecule has 2 aromatic rings. The normalized spacial score (nSPS) is 15.2. The largest absolute Gasteiger partial charge is 0.352 e. The zero-order chi connectivity index (χ0) is 23.8. The van der Waals surface area contributed by atoms with E-state index in [0.29, 0.717) is 22.3 Å². The lowest BCUT2D eigenvalue weighted by Gasteiger charge is -2.31. The molecule has 2 aromatic carbocycles. The molecule has 2 amide bonds. The fourth-order valence-corrected chi connectivity index (χ4v) is 5.60. The van der Waals surface area contributed by atoms with Crippen molar-refractivity contribution in [2.75, 3.05) is 5.75 Å². The Morgan fingerprint density at radius 2 is 1.88 bits per heavy atom. The average molecular weight is 508 g/mol. The molecule has 1 fully saturated rings. The van der Waals surface area contributed by atoms with Crippen LogP contribution in [0, 0.1) is 6.92 Å². The predicted octanol–water partition coefficient (Wildman–Crippen LogP) is 6.40. The Balaban J connectivity index is 1.66. The smallest absolute Gasteiger partial charge is 0.242 e. The van der Waals surface area contributed by atoms with Crippen LogP contribution in [0.5, 0.6) is 0 Å². The molecule has 0 aromatic heterocycles. The molecule has 3 rings (SSSR count). The summed E-state index contributed by atoms with van der Waals surface area (Å²) in [6.45, 7) is 4.26. The minimum Gasteiger partial charge on any atom is -0.352 e. The molecular weight excluding hydrogens is 475 g/mol. The van der Waals surface area contributed by atoms with Crippen molar-refractivity contribution in [3.8, 4) is 0 Å². The standard InChI is InChI=1S/C26H32Cl2N2O2S/c1-18-7-6-8-20(13-18)15-30(19(2)26(32)29-23-9-4-3-5-10-23)25(31)17-33-16-21-11-12-22(27)14-24(21)28/h6-8,11-14,19,23H,3-5,9-10,15-17H2,1-2H3,(H,29,32)/t19-/m0/s1. The van der Waals surface area contributed by atoms with E-state index in [1.54, 1.807) is 17.0 Å². The molecule has 178 valence electrons. The summed E-state index contributed by atoms with van der Waals surface area (Å²) in [6, 6.07) is 13.1. The summed E-state index contributed by atoms with van der Waals surface area (Å²) in [7, 11) is 0. The van der Waals surface area contributed by atoms with Crippen molar-refractivity contribution >= 4 is 46.8 Å². The lowest BCUT2D eigenvalue weighted by atomic mass is 9.95. The van der Waals surface area contributed by atoms with E-state index in [1.807, 2.05) is 38.1 Å². The highest BCUT2D eigenvalue weighted by molar-refractivity contribution is 7.99. The van der Waals surface area contributed by atoms with Crippen molar-refractivity contribution in [2.24, 2.45) is 0 Å². The molecule has 0 unspecified atom stereocenters. The Morgan fingerprint density at radius 1 is 1.12 bits per heavy atom. The lowest BCUT2D eigenvalue weighted by molar-refractivity contribution is -0.139. The molecular formula is C26H32Cl2N2O2S. The van der Waals surface area contributed by atoms with Gasteiger partial charge in [-0.2, -0.15) is 0 Å². The van der Waals surface area contributed by atoms with E-state index in [-0.39, 0.29) is 23.6 Å². The van der Waals surface area contributed by atoms with E-state index in [0.717, 1.165) is 42.4 Å². The van der Waals surface area contributed by atoms with Crippen molar-refractivity contribution in [2.45, 2.75) is 70.3 Å². The second-order valence-corrected chi connectivity index (χ2v) is 10.6. The van der Waals surface area contributed by atoms with Crippen LogP contribution in [0.3, 0.4) is 0 Å². The number of nitrogens with one attached hydrogen (secondary N) is 1. The number of halogens is 2. The van der Waals surface area contributed by atoms with Crippen LogP contribution in [0.4, 0.5) is 0 Å². The van der Waals surface area contributed by atoms with Gasteiger partial charge in [-0.1, -0.05) is 78.4 Å². The Morgan fingerprint density at radius 3 is 2.58 bits per heavy atom. The predicted molar refractivity (Wildman–Crippen MR) is 139 cm³/mol. The van der Waals surface area contributed by atoms with Gasteiger partial charge in [0.2, 0.25) is 11.8 Å². The van der Waals surface area contributed by atoms with Crippen molar-refractivity contribution < 1.29 is 9.59 Å². The Hall–Kier alpha value is -1.69. The van der Waals surface area contributed by atoms with E-state index in [4.69, 9.17) is 23.2 Å². The van der Waals surface area contributed by atoms with Crippen molar-refractivity contribution in [1.29, 1.82) is 0 Å². The minimum absolute atomic E-state index is 0.0575. The molecule has 33 heavy (non-hydrogen) atoms. The maximum Gasteiger partial charge on any atom is 0.242 e. The third kappa shape index (κ3) is 7.94. The van der Waals surface area contributed by atoms with E-state index < -0.39 is 6.04 Å². The quantitative estimate of drug-likeness (QED) is 0.427. The highest BCUT2D eigenvalue weighted by atomic mass is 35.5. The van der Waals surface area contributed by atoms with Crippen LogP contribution in [-0.4, -0.2) is 34.6 Å². The molecule has 1 N–H and O–H groups in total. The molecule has 1 atom stereocenters. The first-order chi connectivity index (χ1) is 15.8. The number of nitrogens with zero attached hydrogens (tertiary/aromatic N) is 1. The van der Waals surface area contributed by atoms with Crippen LogP contribution in [-0.2, 0) is 21.9 Å². The summed E-state index contributed by atoms with van der Waals surface area (Å²) in [5, 5.41) is 4.36. The maximum atomic E-state index is 13.3. The second-order valence-electron chi connectivity index (χ2n) is 8.76. The zero-order valence-corrected chi connectivity index (χ0v) is 21.6. The van der Waals surface area contributed by atoms with Gasteiger partial charge in [0.05, 0.1) is 5.75 Å². The molecule has 0 aliphatic heterocycles. The van der Waals surface area contributed by atoms with E-state index in [1.165, 1.54) is 18.2 Å². The number of rotatable bonds is 9. The number of hydrogen-bond donors (Lipinski definition) is 1. The summed E-state index contributed by atoms with van der Waals surface area (Å²) in [6.07, 6.45) is 5.56. The highest BCUT2D eigenvalue weighted by Gasteiger charge is 2.28. The second kappa shape index (κ2) is 12.7. The first kappa shape index (κ1) is 25.9. The first-order valence-corrected chi connectivity index (χ1v) is 13.4. The fraction of sp³-hybridized carbons (Fsp3) is 0.462. The molecule has 4 nitrogen and oxygen atoms in total. The monoisotopic (exact) mass is 506 g/mol. The van der Waals surface area contributed by atoms with E-state index >= 15 is 0 Å². The fourth-order valence-electron chi connectivity index (χ4n) is 4.13. The summed E-state index contributed by atoms with van der Waals surface area (Å²) in [5.74, 6) is 0.737. The summed E-state index contributed by atoms with van der Waals surface area (Å²) in [4.78, 5) is 28.0. The van der Waals surface area contributed by atoms with Crippen molar-refractivity contribution in [3.05, 3.63) is 69.2 Å². The van der Waals surface area contributed by atoms with Crippen LogP contribution >= 0.6 is 35.0 Å². The van der Waals surface area contributed by atoms with Gasteiger partial charge in [0.25, 0.3) is 0 Å². The number of aryl methyl sites for hydroxylation is 1. The minimum atomic E-state index is -0.542. The number of benzene rings is 2. The van der Waals surface area contributed by atoms with Crippen LogP contribution < -0.4 is 5.32 Å². The van der Waals surface area contributed by atoms with E-state index in [9.17, 15) is 9.59 Å². The average Bonchev–Trinajstić information content (AvgIpc) is 2.79. The first-order valence-electron chi connectivity index (χ1n) is 11.5. The number of carbonyl (C=O) groups excluding carboxylic acids is 2. The van der Waals surface area contributed by atoms with Gasteiger partial charge < -0.3 is 10.2 Å². The number of amides is 2. The van der Waals surface area contributed by atoms with Gasteiger partial charge in [-0.15, -0.1) is 11.8 Å². The van der Waals surface area contributed by atoms with Gasteiger partial charge in [0.1, 0.15) is 6.04 Å². The molecule has 7 heteroatoms. The molecule has 0 saturated heterocycles. The number of thioether (sulfide) groups is 1. The van der Waals surface area contributed by atoms with Gasteiger partial charge in [-0.05, 0) is 49.9 Å². The van der Waals surface area contributed by atoms with Crippen molar-refractivity contribution in [1.82, 2.24) is 10.2 Å². The van der Waals surface area contributed by atoms with Gasteiger partial charge in [-0.25, -0.2) is 0 Å². The van der Waals surface area contributed by atoms with Crippen LogP contribution in [0.1, 0.15) is 55.7 Å². The molecule has 0 bridgehead atoms. The number of hydrogen-bond acceptors (Lipinski definition) is 3. The van der Waals surface area contributed by atoms with Crippen LogP contribution in [0.2, 0.25) is 10.0 Å². The van der Waals surface area contributed by atoms with E-state index in [2.05, 4.69) is 11.4 Å². The Kier molecular flexibility index (Phi) is 9.96. The molecule has 1 aliphatic rings. The van der Waals surface area contributed by atoms with Gasteiger partial charge in [0.15, 0.2) is 0 Å². The number of carbonyl (C=O) groups is 2. The third-order valence-electron chi connectivity index (χ3n) is 6.05. The molecule has 0 spiro atoms. The Bertz CT molecular complexity index is 963. The van der Waals surface area contributed by atoms with Crippen LogP contribution in [0.25, 0.3) is 0 Å². The zero-order valence-electron chi connectivity index (χ0n) is 19.3. The SMILES string of the molecule is Cc1cccc(CN(C(=O)CSCc2ccc(Cl)cc2Cl)[C@@H](C)C(=O)NC2CCCCC2)c1. The van der Waals surface area contributed by atoms with Gasteiger partial charge in [-0.3, -0.25) is 9.59 Å². The lowest BCUT2D eigenvalue weighted by Crippen LogP contribution is -2.50. The topological polar surface area (TPSA) is 49.4 Å².